The molecule has 2 heterocycles. The van der Waals surface area contributed by atoms with Gasteiger partial charge in [0.15, 0.2) is 0 Å². The average molecular weight is 439 g/mol. The molecule has 27 heavy (non-hydrogen) atoms. The van der Waals surface area contributed by atoms with Crippen LogP contribution < -0.4 is 5.32 Å². The zero-order valence-electron chi connectivity index (χ0n) is 14.8. The Morgan fingerprint density at radius 2 is 1.93 bits per heavy atom. The molecule has 0 saturated heterocycles. The Kier molecular flexibility index (Phi) is 5.25. The Hall–Kier alpha value is -2.21. The van der Waals surface area contributed by atoms with Crippen molar-refractivity contribution in [3.8, 4) is 17.0 Å². The largest absolute Gasteiger partial charge is 0.508 e. The van der Waals surface area contributed by atoms with E-state index in [9.17, 15) is 5.11 Å². The van der Waals surface area contributed by atoms with Crippen molar-refractivity contribution >= 4 is 38.2 Å². The van der Waals surface area contributed by atoms with Crippen molar-refractivity contribution in [1.82, 2.24) is 10.3 Å². The number of nitrogens with one attached hydrogen (secondary N) is 1. The Morgan fingerprint density at radius 1 is 1.11 bits per heavy atom. The van der Waals surface area contributed by atoms with Gasteiger partial charge in [0.05, 0.1) is 11.2 Å². The Labute approximate surface area is 170 Å². The lowest BCUT2D eigenvalue weighted by atomic mass is 10.0. The number of halogens is 1. The predicted octanol–water partition coefficient (Wildman–Crippen LogP) is 6.28. The van der Waals surface area contributed by atoms with Crippen molar-refractivity contribution < 1.29 is 5.11 Å². The van der Waals surface area contributed by atoms with Gasteiger partial charge in [-0.3, -0.25) is 0 Å². The van der Waals surface area contributed by atoms with Crippen LogP contribution in [0.15, 0.2) is 69.8 Å². The first-order valence-electron chi connectivity index (χ1n) is 8.74. The minimum atomic E-state index is 0.226. The zero-order valence-corrected chi connectivity index (χ0v) is 17.2. The van der Waals surface area contributed by atoms with Crippen LogP contribution in [0.4, 0.5) is 0 Å². The van der Waals surface area contributed by atoms with Gasteiger partial charge < -0.3 is 10.4 Å². The second kappa shape index (κ2) is 7.80. The van der Waals surface area contributed by atoms with Crippen LogP contribution in [0.2, 0.25) is 0 Å². The highest BCUT2D eigenvalue weighted by Crippen LogP contribution is 2.29. The Bertz CT molecular complexity index is 1060. The highest BCUT2D eigenvalue weighted by atomic mass is 79.9. The maximum absolute atomic E-state index is 9.79. The standard InChI is InChI=1S/C22H19BrN2OS/c1-14(15-2-5-19(23)6-3-15)24-12-18-10-16-4-7-20(26)11-21(16)25-22(18)17-8-9-27-13-17/h2-11,13-14,24,26H,12H2,1H3/t14-/m0/s1. The van der Waals surface area contributed by atoms with E-state index in [-0.39, 0.29) is 11.8 Å². The number of thiophene rings is 1. The lowest BCUT2D eigenvalue weighted by molar-refractivity contribution is 0.476. The van der Waals surface area contributed by atoms with E-state index in [2.05, 4.69) is 75.3 Å². The number of hydrogen-bond acceptors (Lipinski definition) is 4. The molecular weight excluding hydrogens is 420 g/mol. The van der Waals surface area contributed by atoms with Crippen LogP contribution in [0.1, 0.15) is 24.1 Å². The first-order valence-corrected chi connectivity index (χ1v) is 10.5. The lowest BCUT2D eigenvalue weighted by Crippen LogP contribution is -2.18. The van der Waals surface area contributed by atoms with Crippen LogP contribution in [-0.4, -0.2) is 10.1 Å². The molecule has 0 spiro atoms. The number of aromatic nitrogens is 1. The number of nitrogens with zero attached hydrogens (tertiary/aromatic N) is 1. The molecule has 4 aromatic rings. The summed E-state index contributed by atoms with van der Waals surface area (Å²) in [4.78, 5) is 4.84. The van der Waals surface area contributed by atoms with Gasteiger partial charge in [-0.25, -0.2) is 4.98 Å². The molecule has 2 aromatic carbocycles. The van der Waals surface area contributed by atoms with Crippen LogP contribution in [0.25, 0.3) is 22.2 Å². The monoisotopic (exact) mass is 438 g/mol. The maximum Gasteiger partial charge on any atom is 0.117 e. The van der Waals surface area contributed by atoms with Gasteiger partial charge in [0.25, 0.3) is 0 Å². The van der Waals surface area contributed by atoms with Gasteiger partial charge in [-0.15, -0.1) is 0 Å². The quantitative estimate of drug-likeness (QED) is 0.385. The van der Waals surface area contributed by atoms with Gasteiger partial charge in [-0.05, 0) is 59.8 Å². The Balaban J connectivity index is 1.66. The fourth-order valence-electron chi connectivity index (χ4n) is 3.12. The summed E-state index contributed by atoms with van der Waals surface area (Å²) < 4.78 is 1.08. The van der Waals surface area contributed by atoms with E-state index in [1.165, 1.54) is 5.56 Å². The smallest absolute Gasteiger partial charge is 0.117 e. The third-order valence-electron chi connectivity index (χ3n) is 4.64. The van der Waals surface area contributed by atoms with Crippen molar-refractivity contribution in [3.63, 3.8) is 0 Å². The number of pyridine rings is 1. The molecule has 2 N–H and O–H groups in total. The van der Waals surface area contributed by atoms with E-state index in [0.29, 0.717) is 6.54 Å². The summed E-state index contributed by atoms with van der Waals surface area (Å²) in [6, 6.07) is 18.2. The summed E-state index contributed by atoms with van der Waals surface area (Å²) in [6.07, 6.45) is 0. The van der Waals surface area contributed by atoms with Crippen molar-refractivity contribution in [2.75, 3.05) is 0 Å². The molecule has 0 saturated carbocycles. The number of aromatic hydroxyl groups is 1. The third-order valence-corrected chi connectivity index (χ3v) is 5.86. The molecule has 0 fully saturated rings. The van der Waals surface area contributed by atoms with Gasteiger partial charge in [0.2, 0.25) is 0 Å². The molecule has 5 heteroatoms. The minimum Gasteiger partial charge on any atom is -0.508 e. The molecule has 0 radical (unpaired) electrons. The summed E-state index contributed by atoms with van der Waals surface area (Å²) in [6.45, 7) is 2.88. The van der Waals surface area contributed by atoms with Crippen molar-refractivity contribution in [2.45, 2.75) is 19.5 Å². The number of hydrogen-bond donors (Lipinski definition) is 2. The second-order valence-electron chi connectivity index (χ2n) is 6.54. The van der Waals surface area contributed by atoms with Gasteiger partial charge in [-0.1, -0.05) is 28.1 Å². The van der Waals surface area contributed by atoms with Crippen molar-refractivity contribution in [3.05, 3.63) is 81.0 Å². The molecule has 1 atom stereocenters. The fourth-order valence-corrected chi connectivity index (χ4v) is 4.02. The van der Waals surface area contributed by atoms with Gasteiger partial charge >= 0.3 is 0 Å². The van der Waals surface area contributed by atoms with Gasteiger partial charge in [0.1, 0.15) is 5.75 Å². The lowest BCUT2D eigenvalue weighted by Gasteiger charge is -2.16. The fraction of sp³-hybridized carbons (Fsp3) is 0.136. The minimum absolute atomic E-state index is 0.226. The first kappa shape index (κ1) is 18.2. The summed E-state index contributed by atoms with van der Waals surface area (Å²) in [5, 5.41) is 18.6. The number of rotatable bonds is 5. The van der Waals surface area contributed by atoms with Crippen LogP contribution in [-0.2, 0) is 6.54 Å². The molecular formula is C22H19BrN2OS. The van der Waals surface area contributed by atoms with Gasteiger partial charge in [0, 0.05) is 39.5 Å². The van der Waals surface area contributed by atoms with E-state index >= 15 is 0 Å². The molecule has 0 bridgehead atoms. The zero-order chi connectivity index (χ0) is 18.8. The molecule has 0 aliphatic carbocycles. The normalized spacial score (nSPS) is 12.4. The summed E-state index contributed by atoms with van der Waals surface area (Å²) >= 11 is 5.14. The highest BCUT2D eigenvalue weighted by molar-refractivity contribution is 9.10. The van der Waals surface area contributed by atoms with Crippen molar-refractivity contribution in [2.24, 2.45) is 0 Å². The summed E-state index contributed by atoms with van der Waals surface area (Å²) in [5.74, 6) is 0.237. The first-order chi connectivity index (χ1) is 13.1. The highest BCUT2D eigenvalue weighted by Gasteiger charge is 2.12. The van der Waals surface area contributed by atoms with Crippen molar-refractivity contribution in [1.29, 1.82) is 0 Å². The molecule has 0 aliphatic heterocycles. The van der Waals surface area contributed by atoms with Crippen LogP contribution >= 0.6 is 27.3 Å². The molecule has 2 aromatic heterocycles. The molecule has 4 rings (SSSR count). The summed E-state index contributed by atoms with van der Waals surface area (Å²) in [5.41, 5.74) is 5.27. The summed E-state index contributed by atoms with van der Waals surface area (Å²) in [7, 11) is 0. The van der Waals surface area contributed by atoms with Crippen LogP contribution in [0, 0.1) is 0 Å². The molecule has 136 valence electrons. The van der Waals surface area contributed by atoms with Crippen LogP contribution in [0.3, 0.4) is 0 Å². The number of phenols is 1. The van der Waals surface area contributed by atoms with E-state index in [4.69, 9.17) is 4.98 Å². The SMILES string of the molecule is C[C@H](NCc1cc2ccc(O)cc2nc1-c1ccsc1)c1ccc(Br)cc1. The number of fused-ring (bicyclic) bond motifs is 1. The van der Waals surface area contributed by atoms with E-state index in [1.54, 1.807) is 23.5 Å². The number of phenolic OH excluding ortho intramolecular Hbond substituents is 1. The van der Waals surface area contributed by atoms with Gasteiger partial charge in [-0.2, -0.15) is 11.3 Å². The predicted molar refractivity (Wildman–Crippen MR) is 116 cm³/mol. The molecule has 3 nitrogen and oxygen atoms in total. The van der Waals surface area contributed by atoms with E-state index in [1.807, 2.05) is 6.07 Å². The van der Waals surface area contributed by atoms with E-state index < -0.39 is 0 Å². The molecule has 0 aliphatic rings. The second-order valence-corrected chi connectivity index (χ2v) is 8.23. The average Bonchev–Trinajstić information content (AvgIpc) is 3.20. The van der Waals surface area contributed by atoms with Crippen LogP contribution in [0.5, 0.6) is 5.75 Å². The molecule has 0 unspecified atom stereocenters. The topological polar surface area (TPSA) is 45.1 Å². The number of benzene rings is 2. The molecule has 0 amide bonds. The maximum atomic E-state index is 9.79. The third kappa shape index (κ3) is 4.05. The Morgan fingerprint density at radius 3 is 2.67 bits per heavy atom. The van der Waals surface area contributed by atoms with E-state index in [0.717, 1.165) is 32.2 Å².